The van der Waals surface area contributed by atoms with Crippen LogP contribution in [0, 0.1) is 27.7 Å². The molecule has 2 saturated heterocycles. The second-order valence-electron chi connectivity index (χ2n) is 21.6. The predicted octanol–water partition coefficient (Wildman–Crippen LogP) is 9.66. The fraction of sp³-hybridized carbons (Fsp3) is 0.491. The SMILES string of the molecule is Cc1cc(C)c(CNC(=O)c2cc(C3CCN(C(=O)OC(C)(C)C)CC3)cc3c(C(C)C)cn(C)c23)c(=O)[nH]1.Cc1cc(C)c(CNC(=O)c2cc(C3CCNCC3)cc3c(C(C)C)cn(C)c23)c(=O)[nH]1. The van der Waals surface area contributed by atoms with Crippen LogP contribution >= 0.6 is 0 Å². The van der Waals surface area contributed by atoms with Crippen molar-refractivity contribution in [2.75, 3.05) is 26.2 Å². The van der Waals surface area contributed by atoms with Crippen LogP contribution < -0.4 is 27.1 Å². The van der Waals surface area contributed by atoms with Gasteiger partial charge in [-0.1, -0.05) is 27.7 Å². The number of amides is 3. The number of likely N-dealkylation sites (tertiary alicyclic amines) is 1. The van der Waals surface area contributed by atoms with Crippen molar-refractivity contribution in [3.8, 4) is 0 Å². The van der Waals surface area contributed by atoms with Gasteiger partial charge in [-0.25, -0.2) is 4.79 Å². The molecule has 2 aromatic carbocycles. The number of fused-ring (bicyclic) bond motifs is 2. The van der Waals surface area contributed by atoms with E-state index in [0.717, 1.165) is 88.7 Å². The number of H-pyrrole nitrogens is 2. The molecule has 2 aliphatic rings. The van der Waals surface area contributed by atoms with E-state index in [4.69, 9.17) is 4.74 Å². The molecule has 8 rings (SSSR count). The molecule has 6 aromatic rings. The molecule has 0 aliphatic carbocycles. The van der Waals surface area contributed by atoms with Crippen LogP contribution in [0.5, 0.6) is 0 Å². The number of pyridine rings is 2. The number of aromatic amines is 2. The average molecular weight is 969 g/mol. The summed E-state index contributed by atoms with van der Waals surface area (Å²) >= 11 is 0. The summed E-state index contributed by atoms with van der Waals surface area (Å²) in [5, 5.41) is 11.7. The van der Waals surface area contributed by atoms with Crippen molar-refractivity contribution in [1.82, 2.24) is 40.0 Å². The van der Waals surface area contributed by atoms with E-state index in [1.54, 1.807) is 4.90 Å². The molecule has 2 fully saturated rings. The van der Waals surface area contributed by atoms with E-state index in [-0.39, 0.29) is 48.0 Å². The number of aryl methyl sites for hydroxylation is 6. The Morgan fingerprint density at radius 2 is 1.06 bits per heavy atom. The Hall–Kier alpha value is -6.41. The number of hydrogen-bond donors (Lipinski definition) is 5. The molecular weight excluding hydrogens is 893 g/mol. The van der Waals surface area contributed by atoms with Crippen molar-refractivity contribution in [3.05, 3.63) is 137 Å². The zero-order chi connectivity index (χ0) is 51.6. The monoisotopic (exact) mass is 969 g/mol. The first-order valence-electron chi connectivity index (χ1n) is 25.4. The topological polar surface area (TPSA) is 175 Å². The third-order valence-electron chi connectivity index (χ3n) is 14.3. The normalized spacial score (nSPS) is 14.8. The molecule has 0 radical (unpaired) electrons. The third kappa shape index (κ3) is 11.9. The highest BCUT2D eigenvalue weighted by molar-refractivity contribution is 6.08. The first-order chi connectivity index (χ1) is 33.5. The maximum absolute atomic E-state index is 13.7. The van der Waals surface area contributed by atoms with E-state index in [9.17, 15) is 24.0 Å². The van der Waals surface area contributed by atoms with Crippen LogP contribution in [0.4, 0.5) is 4.79 Å². The molecular formula is C57H76N8O6. The third-order valence-corrected chi connectivity index (χ3v) is 14.3. The summed E-state index contributed by atoms with van der Waals surface area (Å²) in [4.78, 5) is 72.0. The van der Waals surface area contributed by atoms with E-state index in [0.29, 0.717) is 53.1 Å². The van der Waals surface area contributed by atoms with E-state index < -0.39 is 5.60 Å². The molecule has 0 saturated carbocycles. The molecule has 0 spiro atoms. The van der Waals surface area contributed by atoms with Gasteiger partial charge in [0.05, 0.1) is 22.2 Å². The second-order valence-corrected chi connectivity index (χ2v) is 21.6. The van der Waals surface area contributed by atoms with Gasteiger partial charge >= 0.3 is 6.09 Å². The van der Waals surface area contributed by atoms with Crippen molar-refractivity contribution >= 4 is 39.7 Å². The predicted molar refractivity (Wildman–Crippen MR) is 284 cm³/mol. The number of carbonyl (C=O) groups is 3. The molecule has 14 nitrogen and oxygen atoms in total. The molecule has 71 heavy (non-hydrogen) atoms. The Kier molecular flexibility index (Phi) is 15.9. The fourth-order valence-electron chi connectivity index (χ4n) is 10.5. The maximum atomic E-state index is 13.7. The molecule has 0 bridgehead atoms. The van der Waals surface area contributed by atoms with Crippen molar-refractivity contribution in [2.24, 2.45) is 14.1 Å². The van der Waals surface area contributed by atoms with Gasteiger partial charge in [0.2, 0.25) is 0 Å². The summed E-state index contributed by atoms with van der Waals surface area (Å²) in [5.74, 6) is 0.997. The van der Waals surface area contributed by atoms with Crippen LogP contribution in [-0.2, 0) is 31.9 Å². The van der Waals surface area contributed by atoms with Gasteiger partial charge in [-0.15, -0.1) is 0 Å². The number of piperidine rings is 2. The van der Waals surface area contributed by atoms with Crippen LogP contribution in [0.25, 0.3) is 21.8 Å². The minimum Gasteiger partial charge on any atom is -0.444 e. The molecule has 5 N–H and O–H groups in total. The van der Waals surface area contributed by atoms with Crippen molar-refractivity contribution < 1.29 is 19.1 Å². The molecule has 4 aromatic heterocycles. The molecule has 2 aliphatic heterocycles. The molecule has 3 amide bonds. The summed E-state index contributed by atoms with van der Waals surface area (Å²) < 4.78 is 9.66. The highest BCUT2D eigenvalue weighted by Crippen LogP contribution is 2.38. The lowest BCUT2D eigenvalue weighted by molar-refractivity contribution is 0.0204. The molecule has 6 heterocycles. The quantitative estimate of drug-likeness (QED) is 0.0909. The number of rotatable bonds is 10. The van der Waals surface area contributed by atoms with Crippen LogP contribution in [0.2, 0.25) is 0 Å². The number of nitrogens with one attached hydrogen (secondary N) is 5. The van der Waals surface area contributed by atoms with E-state index in [2.05, 4.69) is 88.8 Å². The van der Waals surface area contributed by atoms with Crippen LogP contribution in [0.15, 0.2) is 58.4 Å². The summed E-state index contributed by atoms with van der Waals surface area (Å²) in [7, 11) is 3.98. The Labute approximate surface area is 418 Å². The Morgan fingerprint density at radius 3 is 1.44 bits per heavy atom. The van der Waals surface area contributed by atoms with E-state index in [1.165, 1.54) is 16.7 Å². The van der Waals surface area contributed by atoms with E-state index in [1.807, 2.05) is 85.3 Å². The van der Waals surface area contributed by atoms with Crippen molar-refractivity contribution in [2.45, 2.75) is 144 Å². The Bertz CT molecular complexity index is 3070. The fourth-order valence-corrected chi connectivity index (χ4v) is 10.5. The lowest BCUT2D eigenvalue weighted by Crippen LogP contribution is -2.41. The number of carbonyl (C=O) groups excluding carboxylic acids is 3. The van der Waals surface area contributed by atoms with Gasteiger partial charge in [-0.2, -0.15) is 0 Å². The number of benzene rings is 2. The lowest BCUT2D eigenvalue weighted by Gasteiger charge is -2.33. The second kappa shape index (κ2) is 21.5. The number of aromatic nitrogens is 4. The summed E-state index contributed by atoms with van der Waals surface area (Å²) in [5.41, 5.74) is 11.6. The van der Waals surface area contributed by atoms with Gasteiger partial charge in [0.1, 0.15) is 5.60 Å². The van der Waals surface area contributed by atoms with E-state index >= 15 is 0 Å². The largest absolute Gasteiger partial charge is 0.444 e. The minimum atomic E-state index is -0.524. The van der Waals surface area contributed by atoms with Gasteiger partial charge < -0.3 is 44.7 Å². The number of hydrogen-bond acceptors (Lipinski definition) is 7. The smallest absolute Gasteiger partial charge is 0.410 e. The molecule has 14 heteroatoms. The van der Waals surface area contributed by atoms with Gasteiger partial charge in [0.25, 0.3) is 22.9 Å². The highest BCUT2D eigenvalue weighted by atomic mass is 16.6. The molecule has 0 unspecified atom stereocenters. The summed E-state index contributed by atoms with van der Waals surface area (Å²) in [6, 6.07) is 12.4. The number of nitrogens with zero attached hydrogens (tertiary/aromatic N) is 3. The van der Waals surface area contributed by atoms with Crippen molar-refractivity contribution in [1.29, 1.82) is 0 Å². The van der Waals surface area contributed by atoms with Crippen LogP contribution in [0.1, 0.15) is 174 Å². The summed E-state index contributed by atoms with van der Waals surface area (Å²) in [6.45, 7) is 25.4. The van der Waals surface area contributed by atoms with Gasteiger partial charge in [-0.3, -0.25) is 19.2 Å². The minimum absolute atomic E-state index is 0.137. The Balaban J connectivity index is 0.000000213. The van der Waals surface area contributed by atoms with Gasteiger partial charge in [0, 0.05) is 86.0 Å². The average Bonchev–Trinajstić information content (AvgIpc) is 3.83. The van der Waals surface area contributed by atoms with Crippen LogP contribution in [-0.4, -0.2) is 73.7 Å². The number of ether oxygens (including phenoxy) is 1. The zero-order valence-electron chi connectivity index (χ0n) is 44.3. The van der Waals surface area contributed by atoms with Gasteiger partial charge in [0.15, 0.2) is 0 Å². The zero-order valence-corrected chi connectivity index (χ0v) is 44.3. The maximum Gasteiger partial charge on any atom is 0.410 e. The lowest BCUT2D eigenvalue weighted by atomic mass is 9.86. The van der Waals surface area contributed by atoms with Crippen molar-refractivity contribution in [3.63, 3.8) is 0 Å². The standard InChI is InChI=1S/C31H42N4O4.C26H34N4O2/c1-18(2)26-17-34(8)27-23(26)14-22(21-9-11-35(12-10-21)30(38)39-31(5,6)7)15-24(27)28(36)32-16-25-19(3)13-20(4)33-29(25)37;1-15(2)23-14-30(5)24-20(23)11-19(18-6-8-27-9-7-18)12-21(24)25(31)28-13-22-16(3)10-17(4)29-26(22)32/h13-15,17-18,21H,9-12,16H2,1-8H3,(H,32,36)(H,33,37);10-12,14-15,18,27H,6-9,13H2,1-5H3,(H,28,31)(H,29,32). The molecule has 380 valence electrons. The highest BCUT2D eigenvalue weighted by Gasteiger charge is 2.30. The van der Waals surface area contributed by atoms with Crippen LogP contribution in [0.3, 0.4) is 0 Å². The molecule has 0 atom stereocenters. The first-order valence-corrected chi connectivity index (χ1v) is 25.4. The summed E-state index contributed by atoms with van der Waals surface area (Å²) in [6.07, 6.45) is 7.73. The van der Waals surface area contributed by atoms with Gasteiger partial charge in [-0.05, 0) is 181 Å². The Morgan fingerprint density at radius 1 is 0.648 bits per heavy atom. The first kappa shape index (κ1) is 52.4.